The van der Waals surface area contributed by atoms with Crippen molar-refractivity contribution in [3.63, 3.8) is 0 Å². The van der Waals surface area contributed by atoms with Crippen molar-refractivity contribution in [2.75, 3.05) is 185 Å². The molecule has 0 radical (unpaired) electrons. The topological polar surface area (TPSA) is 273 Å². The molecule has 542 valence electrons. The molecule has 0 aromatic rings. The van der Waals surface area contributed by atoms with Crippen LogP contribution in [-0.2, 0) is 109 Å². The normalized spacial score (nSPS) is 14.9. The van der Waals surface area contributed by atoms with Gasteiger partial charge in [0.1, 0.15) is 12.7 Å². The molecule has 0 spiro atoms. The van der Waals surface area contributed by atoms with Crippen LogP contribution in [0.15, 0.2) is 0 Å². The van der Waals surface area contributed by atoms with E-state index in [9.17, 15) is 40.8 Å². The number of nitrogens with zero attached hydrogens (tertiary/aromatic N) is 1. The van der Waals surface area contributed by atoms with E-state index in [1.807, 2.05) is 48.5 Å². The Hall–Kier alpha value is -0.870. The molecular formula is C61H119F3KNO23SSi2. The number of sulfonamides is 1. The molecule has 0 N–H and O–H groups in total. The molecule has 92 heavy (non-hydrogen) atoms. The van der Waals surface area contributed by atoms with Crippen LogP contribution in [0, 0.1) is 22.2 Å². The van der Waals surface area contributed by atoms with Gasteiger partial charge in [-0.3, -0.25) is 14.4 Å². The van der Waals surface area contributed by atoms with Crippen LogP contribution >= 0.6 is 0 Å². The largest absolute Gasteiger partial charge is 1.00 e. The molecule has 1 saturated carbocycles. The summed E-state index contributed by atoms with van der Waals surface area (Å²) in [6.45, 7) is 41.3. The minimum absolute atomic E-state index is 0. The van der Waals surface area contributed by atoms with Gasteiger partial charge in [0.2, 0.25) is 0 Å². The third kappa shape index (κ3) is 54.1. The zero-order chi connectivity index (χ0) is 69.1. The Kier molecular flexibility index (Phi) is 58.0. The molecule has 31 heteroatoms. The SMILES string of the molecule is CCC(C)(C)C(=O)OC1CCCC(C(=O)[N-]S(=O)(=O)C(F)(F)F)C1.CCC(C)(C)C(=O)OCCC[Si](C)(C)O[Si](C)(C)C.CCC(C)(C)C(=O)OCCOCCOCCOCCOCCOCCOCCOCCOCCOCCOCCOCCOCCOC.[K+]. The zero-order valence-electron chi connectivity index (χ0n) is 59.0. The van der Waals surface area contributed by atoms with Crippen LogP contribution in [-0.4, -0.2) is 246 Å². The van der Waals surface area contributed by atoms with Gasteiger partial charge in [-0.25, -0.2) is 8.42 Å². The first-order valence-electron chi connectivity index (χ1n) is 32.0. The fourth-order valence-electron chi connectivity index (χ4n) is 7.25. The summed E-state index contributed by atoms with van der Waals surface area (Å²) in [5.74, 6) is -3.09. The molecule has 0 aromatic heterocycles. The number of methoxy groups -OCH3 is 1. The van der Waals surface area contributed by atoms with Crippen LogP contribution < -0.4 is 51.4 Å². The number of hydrogen-bond acceptors (Lipinski definition) is 23. The van der Waals surface area contributed by atoms with Gasteiger partial charge >= 0.3 is 74.8 Å². The molecule has 1 aliphatic rings. The summed E-state index contributed by atoms with van der Waals surface area (Å²) in [6, 6.07) is 1.05. The fourth-order valence-corrected chi connectivity index (χ4v) is 15.8. The molecule has 1 rings (SSSR count). The Labute approximate surface area is 594 Å². The molecule has 1 aliphatic carbocycles. The van der Waals surface area contributed by atoms with Crippen LogP contribution in [0.3, 0.4) is 0 Å². The number of esters is 3. The maximum absolute atomic E-state index is 12.3. The van der Waals surface area contributed by atoms with Crippen molar-refractivity contribution in [1.29, 1.82) is 0 Å². The summed E-state index contributed by atoms with van der Waals surface area (Å²) in [5.41, 5.74) is -7.13. The number of hydrogen-bond donors (Lipinski definition) is 0. The predicted octanol–water partition coefficient (Wildman–Crippen LogP) is 6.50. The second-order valence-corrected chi connectivity index (χ2v) is 35.3. The molecule has 1 fully saturated rings. The van der Waals surface area contributed by atoms with Gasteiger partial charge < -0.3 is 89.4 Å². The third-order valence-corrected chi connectivity index (χ3v) is 21.0. The molecule has 2 atom stereocenters. The Morgan fingerprint density at radius 3 is 1.04 bits per heavy atom. The molecule has 0 aliphatic heterocycles. The van der Waals surface area contributed by atoms with Gasteiger partial charge in [-0.2, -0.15) is 13.2 Å². The summed E-state index contributed by atoms with van der Waals surface area (Å²) in [7, 11) is -7.25. The molecule has 24 nitrogen and oxygen atoms in total. The van der Waals surface area contributed by atoms with Gasteiger partial charge in [0.25, 0.3) is 0 Å². The van der Waals surface area contributed by atoms with Crippen molar-refractivity contribution < 1.29 is 172 Å². The van der Waals surface area contributed by atoms with E-state index in [0.29, 0.717) is 191 Å². The van der Waals surface area contributed by atoms with Gasteiger partial charge in [0.05, 0.1) is 194 Å². The van der Waals surface area contributed by atoms with Crippen LogP contribution in [0.4, 0.5) is 13.2 Å². The second-order valence-electron chi connectivity index (χ2n) is 24.6. The fraction of sp³-hybridized carbons (Fsp3) is 0.934. The van der Waals surface area contributed by atoms with Gasteiger partial charge in [-0.1, -0.05) is 20.8 Å². The van der Waals surface area contributed by atoms with Crippen molar-refractivity contribution in [3.05, 3.63) is 4.72 Å². The summed E-state index contributed by atoms with van der Waals surface area (Å²) < 4.78 is 153. The van der Waals surface area contributed by atoms with E-state index in [1.54, 1.807) is 21.0 Å². The van der Waals surface area contributed by atoms with E-state index in [0.717, 1.165) is 25.3 Å². The van der Waals surface area contributed by atoms with E-state index in [4.69, 9.17) is 79.9 Å². The van der Waals surface area contributed by atoms with Crippen molar-refractivity contribution in [2.45, 2.75) is 164 Å². The van der Waals surface area contributed by atoms with Crippen molar-refractivity contribution in [1.82, 2.24) is 0 Å². The van der Waals surface area contributed by atoms with E-state index in [2.05, 4.69) is 37.5 Å². The number of ether oxygens (including phenoxy) is 16. The van der Waals surface area contributed by atoms with E-state index in [1.165, 1.54) is 0 Å². The molecule has 2 unspecified atom stereocenters. The first kappa shape index (κ1) is 95.3. The Morgan fingerprint density at radius 1 is 0.457 bits per heavy atom. The quantitative estimate of drug-likeness (QED) is 0.0272. The first-order chi connectivity index (χ1) is 42.7. The number of carbonyl (C=O) groups excluding carboxylic acids is 4. The molecule has 1 amide bonds. The Balaban J connectivity index is -0.00000148. The second kappa shape index (κ2) is 55.9. The van der Waals surface area contributed by atoms with Crippen molar-refractivity contribution in [3.8, 4) is 0 Å². The Morgan fingerprint density at radius 2 is 0.750 bits per heavy atom. The summed E-state index contributed by atoms with van der Waals surface area (Å²) in [6.07, 6.45) is 3.46. The van der Waals surface area contributed by atoms with Gasteiger partial charge in [-0.15, -0.1) is 0 Å². The van der Waals surface area contributed by atoms with E-state index in [-0.39, 0.29) is 88.2 Å². The van der Waals surface area contributed by atoms with Gasteiger partial charge in [0.15, 0.2) is 26.7 Å². The number of amides is 1. The number of halogens is 3. The van der Waals surface area contributed by atoms with E-state index >= 15 is 0 Å². The summed E-state index contributed by atoms with van der Waals surface area (Å²) in [5, 5.41) is 0. The molecule has 0 saturated heterocycles. The number of carbonyl (C=O) groups is 4. The number of rotatable bonds is 54. The van der Waals surface area contributed by atoms with Crippen molar-refractivity contribution in [2.24, 2.45) is 22.2 Å². The summed E-state index contributed by atoms with van der Waals surface area (Å²) >= 11 is 0. The van der Waals surface area contributed by atoms with Crippen LogP contribution in [0.1, 0.15) is 114 Å². The van der Waals surface area contributed by atoms with Crippen molar-refractivity contribution >= 4 is 50.5 Å². The number of alkyl halides is 3. The minimum atomic E-state index is -5.85. The summed E-state index contributed by atoms with van der Waals surface area (Å²) in [4.78, 5) is 47.4. The predicted molar refractivity (Wildman–Crippen MR) is 342 cm³/mol. The maximum Gasteiger partial charge on any atom is 1.00 e. The monoisotopic (exact) mass is 1420 g/mol. The molecule has 0 bridgehead atoms. The molecule has 0 aromatic carbocycles. The van der Waals surface area contributed by atoms with Crippen LogP contribution in [0.2, 0.25) is 38.8 Å². The van der Waals surface area contributed by atoms with Gasteiger partial charge in [0, 0.05) is 13.0 Å². The van der Waals surface area contributed by atoms with Crippen LogP contribution in [0.25, 0.3) is 4.72 Å². The maximum atomic E-state index is 12.3. The minimum Gasteiger partial charge on any atom is -0.538 e. The van der Waals surface area contributed by atoms with E-state index < -0.39 is 66.9 Å². The standard InChI is InChI=1S/C33H66O15.C14H22F3NO5S.C14H32O3Si2.K/c1-5-33(2,3)32(34)48-31-30-47-29-28-46-27-26-45-25-24-44-23-22-43-21-20-42-19-18-41-17-16-40-15-14-39-13-12-38-11-10-37-9-8-36-7-6-35-4;1-4-13(2,3)12(20)23-10-7-5-6-9(8-10)11(19)18-24(21,22)14(15,16)17;1-9-14(2,3)13(15)16-11-10-12-19(7,8)17-18(4,5)6;/h5-31H2,1-4H3;9-10H,4-8H2,1-3H3,(H,18,19);9-12H2,1-8H3;/q;;;+1/p-1. The first-order valence-corrected chi connectivity index (χ1v) is 40.0. The van der Waals surface area contributed by atoms with Crippen LogP contribution in [0.5, 0.6) is 0 Å². The molecular weight excluding hydrogens is 1300 g/mol. The zero-order valence-corrected chi connectivity index (χ0v) is 64.9. The third-order valence-electron chi connectivity index (χ3n) is 13.8. The molecule has 0 heterocycles. The smallest absolute Gasteiger partial charge is 0.538 e. The average Bonchev–Trinajstić information content (AvgIpc) is 0.870. The van der Waals surface area contributed by atoms with Gasteiger partial charge in [-0.05, 0) is 132 Å². The average molecular weight is 1420 g/mol. The Bertz CT molecular complexity index is 1960.